The van der Waals surface area contributed by atoms with Crippen LogP contribution in [0.4, 0.5) is 0 Å². The Balaban J connectivity index is 2.64. The van der Waals surface area contributed by atoms with Crippen molar-refractivity contribution in [3.8, 4) is 0 Å². The monoisotopic (exact) mass is 194 g/mol. The molecule has 14 heavy (non-hydrogen) atoms. The number of hydrogen-bond acceptors (Lipinski definition) is 1. The van der Waals surface area contributed by atoms with Gasteiger partial charge < -0.3 is 9.88 Å². The molecule has 78 valence electrons. The van der Waals surface area contributed by atoms with E-state index >= 15 is 0 Å². The van der Waals surface area contributed by atoms with Gasteiger partial charge in [0.25, 0.3) is 0 Å². The third-order valence-corrected chi connectivity index (χ3v) is 2.17. The van der Waals surface area contributed by atoms with Crippen molar-refractivity contribution >= 4 is 5.91 Å². The van der Waals surface area contributed by atoms with Gasteiger partial charge in [0.1, 0.15) is 6.54 Å². The predicted octanol–water partition coefficient (Wildman–Crippen LogP) is 1.63. The molecule has 0 aromatic carbocycles. The van der Waals surface area contributed by atoms with E-state index in [0.29, 0.717) is 6.54 Å². The average Bonchev–Trinajstić information content (AvgIpc) is 2.34. The molecule has 0 saturated heterocycles. The molecular formula is C11H18N2O. The Kier molecular flexibility index (Phi) is 3.33. The summed E-state index contributed by atoms with van der Waals surface area (Å²) < 4.78 is 2.01. The van der Waals surface area contributed by atoms with Crippen molar-refractivity contribution in [3.63, 3.8) is 0 Å². The number of hydrogen-bond donors (Lipinski definition) is 1. The second kappa shape index (κ2) is 4.31. The van der Waals surface area contributed by atoms with Crippen LogP contribution in [0.25, 0.3) is 0 Å². The molecule has 0 aliphatic carbocycles. The standard InChI is InChI=1S/C11H18N2O/c1-8(2)12-11(14)7-13-9(3)5-6-10(13)4/h5-6,8H,7H2,1-4H3,(H,12,14). The summed E-state index contributed by atoms with van der Waals surface area (Å²) in [4.78, 5) is 11.5. The number of aryl methyl sites for hydroxylation is 2. The van der Waals surface area contributed by atoms with Crippen LogP contribution in [0.3, 0.4) is 0 Å². The molecule has 0 unspecified atom stereocenters. The molecule has 0 spiro atoms. The molecule has 0 aliphatic rings. The van der Waals surface area contributed by atoms with Crippen LogP contribution in [0.15, 0.2) is 12.1 Å². The summed E-state index contributed by atoms with van der Waals surface area (Å²) in [6, 6.07) is 4.26. The van der Waals surface area contributed by atoms with Crippen LogP contribution in [0, 0.1) is 13.8 Å². The molecule has 1 heterocycles. The van der Waals surface area contributed by atoms with Crippen LogP contribution in [0.5, 0.6) is 0 Å². The molecule has 1 aromatic heterocycles. The number of carbonyl (C=O) groups is 1. The lowest BCUT2D eigenvalue weighted by Crippen LogP contribution is -2.33. The zero-order valence-corrected chi connectivity index (χ0v) is 9.29. The summed E-state index contributed by atoms with van der Waals surface area (Å²) >= 11 is 0. The van der Waals surface area contributed by atoms with Gasteiger partial charge in [-0.05, 0) is 39.8 Å². The first-order valence-electron chi connectivity index (χ1n) is 4.93. The molecule has 0 fully saturated rings. The van der Waals surface area contributed by atoms with E-state index in [-0.39, 0.29) is 11.9 Å². The van der Waals surface area contributed by atoms with Crippen LogP contribution >= 0.6 is 0 Å². The first-order valence-corrected chi connectivity index (χ1v) is 4.93. The van der Waals surface area contributed by atoms with E-state index in [2.05, 4.69) is 5.32 Å². The van der Waals surface area contributed by atoms with E-state index in [0.717, 1.165) is 11.4 Å². The van der Waals surface area contributed by atoms with E-state index in [4.69, 9.17) is 0 Å². The Morgan fingerprint density at radius 3 is 2.29 bits per heavy atom. The fourth-order valence-electron chi connectivity index (χ4n) is 1.46. The third kappa shape index (κ3) is 2.62. The third-order valence-electron chi connectivity index (χ3n) is 2.17. The van der Waals surface area contributed by atoms with Crippen molar-refractivity contribution in [1.82, 2.24) is 9.88 Å². The van der Waals surface area contributed by atoms with Crippen LogP contribution in [-0.2, 0) is 11.3 Å². The second-order valence-electron chi connectivity index (χ2n) is 3.92. The minimum Gasteiger partial charge on any atom is -0.352 e. The van der Waals surface area contributed by atoms with Crippen molar-refractivity contribution in [2.75, 3.05) is 0 Å². The van der Waals surface area contributed by atoms with Gasteiger partial charge in [0, 0.05) is 17.4 Å². The van der Waals surface area contributed by atoms with Gasteiger partial charge >= 0.3 is 0 Å². The van der Waals surface area contributed by atoms with Crippen molar-refractivity contribution < 1.29 is 4.79 Å². The van der Waals surface area contributed by atoms with Gasteiger partial charge in [0.05, 0.1) is 0 Å². The molecule has 0 aliphatic heterocycles. The van der Waals surface area contributed by atoms with Crippen molar-refractivity contribution in [2.24, 2.45) is 0 Å². The van der Waals surface area contributed by atoms with Crippen LogP contribution in [-0.4, -0.2) is 16.5 Å². The van der Waals surface area contributed by atoms with Gasteiger partial charge in [-0.25, -0.2) is 0 Å². The van der Waals surface area contributed by atoms with Crippen molar-refractivity contribution in [1.29, 1.82) is 0 Å². The van der Waals surface area contributed by atoms with Gasteiger partial charge in [-0.3, -0.25) is 4.79 Å². The largest absolute Gasteiger partial charge is 0.352 e. The van der Waals surface area contributed by atoms with Gasteiger partial charge in [0.15, 0.2) is 0 Å². The van der Waals surface area contributed by atoms with Crippen LogP contribution < -0.4 is 5.32 Å². The molecule has 1 aromatic rings. The molecule has 0 bridgehead atoms. The highest BCUT2D eigenvalue weighted by Crippen LogP contribution is 2.06. The van der Waals surface area contributed by atoms with E-state index in [1.165, 1.54) is 0 Å². The van der Waals surface area contributed by atoms with Gasteiger partial charge in [-0.2, -0.15) is 0 Å². The zero-order valence-electron chi connectivity index (χ0n) is 9.29. The molecular weight excluding hydrogens is 176 g/mol. The van der Waals surface area contributed by atoms with Crippen molar-refractivity contribution in [3.05, 3.63) is 23.5 Å². The Labute approximate surface area is 85.1 Å². The normalized spacial score (nSPS) is 10.6. The van der Waals surface area contributed by atoms with E-state index in [1.807, 2.05) is 44.4 Å². The number of nitrogens with one attached hydrogen (secondary N) is 1. The Morgan fingerprint density at radius 1 is 1.36 bits per heavy atom. The average molecular weight is 194 g/mol. The molecule has 0 radical (unpaired) electrons. The highest BCUT2D eigenvalue weighted by Gasteiger charge is 2.07. The number of rotatable bonds is 3. The van der Waals surface area contributed by atoms with Gasteiger partial charge in [-0.1, -0.05) is 0 Å². The SMILES string of the molecule is Cc1ccc(C)n1CC(=O)NC(C)C. The summed E-state index contributed by atoms with van der Waals surface area (Å²) in [5, 5.41) is 2.88. The first-order chi connectivity index (χ1) is 6.50. The summed E-state index contributed by atoms with van der Waals surface area (Å²) in [6.45, 7) is 8.37. The van der Waals surface area contributed by atoms with Crippen LogP contribution in [0.1, 0.15) is 25.2 Å². The first kappa shape index (κ1) is 10.8. The maximum absolute atomic E-state index is 11.5. The summed E-state index contributed by atoms with van der Waals surface area (Å²) in [6.07, 6.45) is 0. The lowest BCUT2D eigenvalue weighted by atomic mass is 10.4. The van der Waals surface area contributed by atoms with Crippen molar-refractivity contribution in [2.45, 2.75) is 40.3 Å². The highest BCUT2D eigenvalue weighted by molar-refractivity contribution is 5.76. The molecule has 3 heteroatoms. The number of nitrogens with zero attached hydrogens (tertiary/aromatic N) is 1. The lowest BCUT2D eigenvalue weighted by Gasteiger charge is -2.11. The number of carbonyl (C=O) groups excluding carboxylic acids is 1. The maximum atomic E-state index is 11.5. The van der Waals surface area contributed by atoms with E-state index < -0.39 is 0 Å². The lowest BCUT2D eigenvalue weighted by molar-refractivity contribution is -0.122. The number of amides is 1. The van der Waals surface area contributed by atoms with E-state index in [1.54, 1.807) is 0 Å². The van der Waals surface area contributed by atoms with E-state index in [9.17, 15) is 4.79 Å². The minimum absolute atomic E-state index is 0.0717. The molecule has 0 atom stereocenters. The van der Waals surface area contributed by atoms with Crippen LogP contribution in [0.2, 0.25) is 0 Å². The summed E-state index contributed by atoms with van der Waals surface area (Å²) in [7, 11) is 0. The molecule has 0 saturated carbocycles. The molecule has 1 amide bonds. The van der Waals surface area contributed by atoms with Gasteiger partial charge in [-0.15, -0.1) is 0 Å². The molecule has 3 nitrogen and oxygen atoms in total. The quantitative estimate of drug-likeness (QED) is 0.779. The highest BCUT2D eigenvalue weighted by atomic mass is 16.2. The van der Waals surface area contributed by atoms with Gasteiger partial charge in [0.2, 0.25) is 5.91 Å². The Bertz CT molecular complexity index is 307. The minimum atomic E-state index is 0.0717. The summed E-state index contributed by atoms with van der Waals surface area (Å²) in [5.74, 6) is 0.0717. The maximum Gasteiger partial charge on any atom is 0.240 e. The fourth-order valence-corrected chi connectivity index (χ4v) is 1.46. The number of aromatic nitrogens is 1. The Morgan fingerprint density at radius 2 is 1.86 bits per heavy atom. The molecule has 1 rings (SSSR count). The second-order valence-corrected chi connectivity index (χ2v) is 3.92. The smallest absolute Gasteiger partial charge is 0.240 e. The fraction of sp³-hybridized carbons (Fsp3) is 0.545. The summed E-state index contributed by atoms with van der Waals surface area (Å²) in [5.41, 5.74) is 2.25. The topological polar surface area (TPSA) is 34.0 Å². The predicted molar refractivity (Wildman–Crippen MR) is 57.2 cm³/mol. The zero-order chi connectivity index (χ0) is 10.7. The Hall–Kier alpha value is -1.25. The molecule has 1 N–H and O–H groups in total.